The van der Waals surface area contributed by atoms with E-state index in [0.29, 0.717) is 17.3 Å². The normalized spacial score (nSPS) is 26.0. The summed E-state index contributed by atoms with van der Waals surface area (Å²) in [6, 6.07) is 3.94. The number of primary amides is 1. The zero-order chi connectivity index (χ0) is 29.1. The number of nitrogens with zero attached hydrogens (tertiary/aromatic N) is 3. The highest BCUT2D eigenvalue weighted by atomic mass is 19.3. The molecule has 1 aromatic carbocycles. The van der Waals surface area contributed by atoms with Crippen molar-refractivity contribution in [3.63, 3.8) is 0 Å². The molecule has 2 heterocycles. The third kappa shape index (κ3) is 4.77. The largest absolute Gasteiger partial charge is 0.368 e. The number of likely N-dealkylation sites (tertiary alicyclic amines) is 1. The molecule has 40 heavy (non-hydrogen) atoms. The Balaban J connectivity index is 1.39. The van der Waals surface area contributed by atoms with Gasteiger partial charge < -0.3 is 21.3 Å². The van der Waals surface area contributed by atoms with Gasteiger partial charge in [0.15, 0.2) is 6.04 Å². The molecular formula is C28H34F2N6O4. The van der Waals surface area contributed by atoms with Crippen LogP contribution in [0.25, 0.3) is 10.8 Å². The molecule has 12 heteroatoms. The second-order valence-electron chi connectivity index (χ2n) is 12.2. The van der Waals surface area contributed by atoms with Crippen LogP contribution in [0, 0.1) is 29.1 Å². The minimum Gasteiger partial charge on any atom is -0.368 e. The Morgan fingerprint density at radius 1 is 1.07 bits per heavy atom. The fraction of sp³-hybridized carbons (Fsp3) is 0.571. The molecule has 2 saturated carbocycles. The molecule has 2 aliphatic carbocycles. The van der Waals surface area contributed by atoms with Crippen LogP contribution < -0.4 is 16.4 Å². The van der Waals surface area contributed by atoms with E-state index in [1.54, 1.807) is 38.2 Å². The summed E-state index contributed by atoms with van der Waals surface area (Å²) in [4.78, 5) is 54.3. The number of nitrogens with one attached hydrogen (secondary N) is 2. The van der Waals surface area contributed by atoms with Gasteiger partial charge in [-0.2, -0.15) is 10.2 Å². The Morgan fingerprint density at radius 2 is 1.75 bits per heavy atom. The van der Waals surface area contributed by atoms with Gasteiger partial charge in [-0.3, -0.25) is 19.2 Å². The molecule has 1 unspecified atom stereocenters. The zero-order valence-corrected chi connectivity index (χ0v) is 22.9. The summed E-state index contributed by atoms with van der Waals surface area (Å²) in [7, 11) is 0. The van der Waals surface area contributed by atoms with E-state index < -0.39 is 66.4 Å². The van der Waals surface area contributed by atoms with Crippen molar-refractivity contribution in [2.75, 3.05) is 6.54 Å². The van der Waals surface area contributed by atoms with Crippen LogP contribution in [0.15, 0.2) is 30.5 Å². The number of fused-ring (bicyclic) bond motifs is 2. The Kier molecular flexibility index (Phi) is 6.78. The van der Waals surface area contributed by atoms with Gasteiger partial charge in [0.2, 0.25) is 29.6 Å². The molecule has 0 bridgehead atoms. The predicted octanol–water partition coefficient (Wildman–Crippen LogP) is 1.94. The van der Waals surface area contributed by atoms with Crippen molar-refractivity contribution in [1.82, 2.24) is 25.7 Å². The predicted molar refractivity (Wildman–Crippen MR) is 140 cm³/mol. The van der Waals surface area contributed by atoms with E-state index in [9.17, 15) is 28.0 Å². The summed E-state index contributed by atoms with van der Waals surface area (Å²) in [6.07, 6.45) is 0.450. The number of aromatic nitrogens is 2. The van der Waals surface area contributed by atoms with Crippen LogP contribution in [0.1, 0.15) is 52.3 Å². The number of amides is 4. The topological polar surface area (TPSA) is 147 Å². The summed E-state index contributed by atoms with van der Waals surface area (Å²) in [5.41, 5.74) is 5.69. The van der Waals surface area contributed by atoms with E-state index in [-0.39, 0.29) is 28.9 Å². The van der Waals surface area contributed by atoms with Crippen LogP contribution in [0.4, 0.5) is 8.78 Å². The SMILES string of the molecule is CC(C)[C@H](NC(=O)C1CC(F)(F)C1)C(=O)N1C[C@H]2[C@@H]([C@H]1C(=O)NC(C(N)=O)c1nncc3ccccc13)C2(C)C. The first-order chi connectivity index (χ1) is 18.7. The molecule has 1 aliphatic heterocycles. The zero-order valence-electron chi connectivity index (χ0n) is 22.9. The number of piperidine rings is 1. The van der Waals surface area contributed by atoms with Crippen molar-refractivity contribution >= 4 is 34.4 Å². The number of alkyl halides is 2. The highest BCUT2D eigenvalue weighted by Crippen LogP contribution is 2.65. The standard InChI is InChI=1S/C28H34F2N6O4/c1-13(2)19(33-24(38)15-9-28(29,30)10-15)26(40)36-12-17-18(27(17,3)4)22(36)25(39)34-21(23(31)37)20-16-8-6-5-7-14(16)11-32-35-20/h5-8,11,13,15,17-19,21-22H,9-10,12H2,1-4H3,(H2,31,37)(H,33,38)(H,34,39)/t17-,18-,19-,21?,22-/m0/s1. The number of rotatable bonds is 8. The second-order valence-corrected chi connectivity index (χ2v) is 12.2. The Hall–Kier alpha value is -3.70. The number of hydrogen-bond donors (Lipinski definition) is 3. The van der Waals surface area contributed by atoms with E-state index in [4.69, 9.17) is 5.73 Å². The molecule has 1 aromatic heterocycles. The number of nitrogens with two attached hydrogens (primary N) is 1. The van der Waals surface area contributed by atoms with Crippen molar-refractivity contribution in [2.24, 2.45) is 34.8 Å². The van der Waals surface area contributed by atoms with Gasteiger partial charge >= 0.3 is 0 Å². The monoisotopic (exact) mass is 556 g/mol. The van der Waals surface area contributed by atoms with E-state index in [1.807, 2.05) is 19.9 Å². The van der Waals surface area contributed by atoms with Gasteiger partial charge in [0.05, 0.1) is 6.20 Å². The first kappa shape index (κ1) is 27.9. The molecule has 3 fully saturated rings. The van der Waals surface area contributed by atoms with Crippen molar-refractivity contribution in [3.05, 3.63) is 36.2 Å². The lowest BCUT2D eigenvalue weighted by Gasteiger charge is -2.37. The Morgan fingerprint density at radius 3 is 2.38 bits per heavy atom. The smallest absolute Gasteiger partial charge is 0.249 e. The van der Waals surface area contributed by atoms with Gasteiger partial charge in [0, 0.05) is 36.1 Å². The maximum Gasteiger partial charge on any atom is 0.249 e. The van der Waals surface area contributed by atoms with Crippen molar-refractivity contribution in [2.45, 2.75) is 64.6 Å². The molecule has 2 aromatic rings. The van der Waals surface area contributed by atoms with Crippen molar-refractivity contribution < 1.29 is 28.0 Å². The third-order valence-electron chi connectivity index (χ3n) is 8.90. The molecule has 0 spiro atoms. The molecular weight excluding hydrogens is 522 g/mol. The molecule has 0 radical (unpaired) electrons. The van der Waals surface area contributed by atoms with Crippen molar-refractivity contribution in [3.8, 4) is 0 Å². The van der Waals surface area contributed by atoms with Gasteiger partial charge in [-0.25, -0.2) is 8.78 Å². The third-order valence-corrected chi connectivity index (χ3v) is 8.90. The van der Waals surface area contributed by atoms with Crippen LogP contribution in [-0.4, -0.2) is 63.3 Å². The average Bonchev–Trinajstić information content (AvgIpc) is 3.20. The summed E-state index contributed by atoms with van der Waals surface area (Å²) in [5.74, 6) is -6.63. The highest BCUT2D eigenvalue weighted by Gasteiger charge is 2.69. The fourth-order valence-electron chi connectivity index (χ4n) is 6.39. The van der Waals surface area contributed by atoms with Crippen LogP contribution in [0.3, 0.4) is 0 Å². The molecule has 214 valence electrons. The summed E-state index contributed by atoms with van der Waals surface area (Å²) >= 11 is 0. The van der Waals surface area contributed by atoms with Crippen LogP contribution in [0.5, 0.6) is 0 Å². The van der Waals surface area contributed by atoms with E-state index in [2.05, 4.69) is 20.8 Å². The number of carbonyl (C=O) groups excluding carboxylic acids is 4. The lowest BCUT2D eigenvalue weighted by Crippen LogP contribution is -2.59. The first-order valence-corrected chi connectivity index (χ1v) is 13.5. The highest BCUT2D eigenvalue weighted by molar-refractivity contribution is 5.97. The quantitative estimate of drug-likeness (QED) is 0.453. The molecule has 4 amide bonds. The molecule has 5 rings (SSSR count). The number of hydrogen-bond acceptors (Lipinski definition) is 6. The second kappa shape index (κ2) is 9.74. The summed E-state index contributed by atoms with van der Waals surface area (Å²) < 4.78 is 26.7. The Labute approximate surface area is 230 Å². The lowest BCUT2D eigenvalue weighted by atomic mass is 9.80. The van der Waals surface area contributed by atoms with E-state index in [1.165, 1.54) is 4.90 Å². The van der Waals surface area contributed by atoms with Crippen molar-refractivity contribution in [1.29, 1.82) is 0 Å². The molecule has 10 nitrogen and oxygen atoms in total. The minimum absolute atomic E-state index is 0.0467. The molecule has 5 atom stereocenters. The maximum atomic E-state index is 13.8. The van der Waals surface area contributed by atoms with Gasteiger partial charge in [-0.05, 0) is 23.2 Å². The van der Waals surface area contributed by atoms with Gasteiger partial charge in [-0.15, -0.1) is 0 Å². The summed E-state index contributed by atoms with van der Waals surface area (Å²) in [5, 5.41) is 14.8. The molecule has 4 N–H and O–H groups in total. The Bertz CT molecular complexity index is 1370. The number of halogens is 2. The van der Waals surface area contributed by atoms with E-state index >= 15 is 0 Å². The fourth-order valence-corrected chi connectivity index (χ4v) is 6.39. The van der Waals surface area contributed by atoms with Gasteiger partial charge in [0.1, 0.15) is 17.8 Å². The van der Waals surface area contributed by atoms with E-state index in [0.717, 1.165) is 0 Å². The number of carbonyl (C=O) groups is 4. The van der Waals surface area contributed by atoms with Crippen LogP contribution in [-0.2, 0) is 19.2 Å². The first-order valence-electron chi connectivity index (χ1n) is 13.5. The van der Waals surface area contributed by atoms with Crippen LogP contribution >= 0.6 is 0 Å². The maximum absolute atomic E-state index is 13.8. The van der Waals surface area contributed by atoms with Crippen LogP contribution in [0.2, 0.25) is 0 Å². The minimum atomic E-state index is -2.87. The molecule has 3 aliphatic rings. The average molecular weight is 557 g/mol. The van der Waals surface area contributed by atoms with Gasteiger partial charge in [0.25, 0.3) is 0 Å². The van der Waals surface area contributed by atoms with Gasteiger partial charge in [-0.1, -0.05) is 52.0 Å². The number of benzene rings is 1. The summed E-state index contributed by atoms with van der Waals surface area (Å²) in [6.45, 7) is 7.83. The molecule has 1 saturated heterocycles. The lowest BCUT2D eigenvalue weighted by molar-refractivity contribution is -0.154.